The molecule has 2 unspecified atom stereocenters. The van der Waals surface area contributed by atoms with Gasteiger partial charge in [-0.25, -0.2) is 14.4 Å². The number of halogens is 1. The molecule has 190 valence electrons. The Labute approximate surface area is 214 Å². The first-order valence-electron chi connectivity index (χ1n) is 12.7. The zero-order valence-electron chi connectivity index (χ0n) is 20.9. The summed E-state index contributed by atoms with van der Waals surface area (Å²) in [7, 11) is 1.88. The number of amides is 1. The van der Waals surface area contributed by atoms with E-state index >= 15 is 4.39 Å². The highest BCUT2D eigenvalue weighted by molar-refractivity contribution is 5.92. The minimum atomic E-state index is -0.365. The molecule has 2 atom stereocenters. The van der Waals surface area contributed by atoms with Crippen molar-refractivity contribution in [3.8, 4) is 0 Å². The van der Waals surface area contributed by atoms with Gasteiger partial charge in [0.2, 0.25) is 5.91 Å². The summed E-state index contributed by atoms with van der Waals surface area (Å²) in [5.41, 5.74) is 9.55. The standard InChI is InChI=1S/C28H30FN7O/c1-16-3-9-20(15-32-16)33-28(37)19-6-4-18(5-7-19)27-34-23(25-26(30)31-12-14-36(25)27)21-10-8-17-11-13-35(2)24(17)22(21)29/h3,8-15,17-19,24H,4-7H2,1-2H3,(H2,30,31)(H,33,37). The smallest absolute Gasteiger partial charge is 0.227 e. The predicted octanol–water partition coefficient (Wildman–Crippen LogP) is 4.62. The first-order valence-corrected chi connectivity index (χ1v) is 12.7. The molecule has 8 nitrogen and oxygen atoms in total. The van der Waals surface area contributed by atoms with Gasteiger partial charge in [-0.2, -0.15) is 0 Å². The number of nitrogens with zero attached hydrogens (tertiary/aromatic N) is 5. The number of hydrogen-bond donors (Lipinski definition) is 2. The van der Waals surface area contributed by atoms with Gasteiger partial charge in [0.1, 0.15) is 28.7 Å². The van der Waals surface area contributed by atoms with Crippen LogP contribution in [0.1, 0.15) is 48.8 Å². The summed E-state index contributed by atoms with van der Waals surface area (Å²) in [5, 5.41) is 2.99. The Bertz CT molecular complexity index is 1450. The highest BCUT2D eigenvalue weighted by Gasteiger charge is 2.36. The Morgan fingerprint density at radius 2 is 1.97 bits per heavy atom. The molecule has 0 saturated heterocycles. The number of carbonyl (C=O) groups excluding carboxylic acids is 1. The maximum atomic E-state index is 15.8. The van der Waals surface area contributed by atoms with Gasteiger partial charge in [0.15, 0.2) is 0 Å². The number of likely N-dealkylation sites (N-methyl/N-ethyl adjacent to an activating group) is 1. The number of allylic oxidation sites excluding steroid dienone is 2. The van der Waals surface area contributed by atoms with E-state index in [4.69, 9.17) is 10.7 Å². The molecule has 6 rings (SSSR count). The Balaban J connectivity index is 1.26. The van der Waals surface area contributed by atoms with Gasteiger partial charge in [-0.3, -0.25) is 14.2 Å². The van der Waals surface area contributed by atoms with Gasteiger partial charge < -0.3 is 16.0 Å². The number of carbonyl (C=O) groups is 1. The topological polar surface area (TPSA) is 101 Å². The number of aromatic nitrogens is 4. The molecule has 1 saturated carbocycles. The Morgan fingerprint density at radius 3 is 2.73 bits per heavy atom. The molecular formula is C28H30FN7O. The molecule has 37 heavy (non-hydrogen) atoms. The van der Waals surface area contributed by atoms with Crippen molar-refractivity contribution in [1.29, 1.82) is 0 Å². The van der Waals surface area contributed by atoms with E-state index in [2.05, 4.69) is 15.3 Å². The first kappa shape index (κ1) is 23.4. The normalized spacial score (nSPS) is 25.1. The van der Waals surface area contributed by atoms with Gasteiger partial charge >= 0.3 is 0 Å². The average molecular weight is 500 g/mol. The third-order valence-electron chi connectivity index (χ3n) is 7.86. The Hall–Kier alpha value is -4.01. The summed E-state index contributed by atoms with van der Waals surface area (Å²) in [6.07, 6.45) is 16.1. The minimum Gasteiger partial charge on any atom is -0.382 e. The van der Waals surface area contributed by atoms with Crippen LogP contribution in [0.25, 0.3) is 11.1 Å². The summed E-state index contributed by atoms with van der Waals surface area (Å²) in [6.45, 7) is 1.91. The van der Waals surface area contributed by atoms with Crippen molar-refractivity contribution < 1.29 is 9.18 Å². The van der Waals surface area contributed by atoms with Crippen molar-refractivity contribution in [3.63, 3.8) is 0 Å². The lowest BCUT2D eigenvalue weighted by molar-refractivity contribution is -0.120. The monoisotopic (exact) mass is 499 g/mol. The van der Waals surface area contributed by atoms with Gasteiger partial charge in [0.05, 0.1) is 17.9 Å². The largest absolute Gasteiger partial charge is 0.382 e. The van der Waals surface area contributed by atoms with Crippen molar-refractivity contribution >= 4 is 28.5 Å². The molecular weight excluding hydrogens is 469 g/mol. The van der Waals surface area contributed by atoms with E-state index in [0.29, 0.717) is 28.3 Å². The van der Waals surface area contributed by atoms with Crippen molar-refractivity contribution in [2.24, 2.45) is 11.8 Å². The van der Waals surface area contributed by atoms with Crippen LogP contribution >= 0.6 is 0 Å². The van der Waals surface area contributed by atoms with Crippen LogP contribution < -0.4 is 11.1 Å². The predicted molar refractivity (Wildman–Crippen MR) is 141 cm³/mol. The second kappa shape index (κ2) is 9.14. The van der Waals surface area contributed by atoms with Gasteiger partial charge in [0.25, 0.3) is 0 Å². The lowest BCUT2D eigenvalue weighted by Crippen LogP contribution is -2.30. The van der Waals surface area contributed by atoms with Crippen molar-refractivity contribution in [1.82, 2.24) is 24.3 Å². The number of aryl methyl sites for hydroxylation is 1. The molecule has 3 aliphatic rings. The Morgan fingerprint density at radius 1 is 1.16 bits per heavy atom. The van der Waals surface area contributed by atoms with E-state index in [1.807, 2.05) is 66.0 Å². The summed E-state index contributed by atoms with van der Waals surface area (Å²) < 4.78 is 17.7. The van der Waals surface area contributed by atoms with Gasteiger partial charge in [-0.15, -0.1) is 0 Å². The lowest BCUT2D eigenvalue weighted by atomic mass is 9.81. The number of anilines is 2. The van der Waals surface area contributed by atoms with Crippen LogP contribution in [-0.2, 0) is 4.79 Å². The molecule has 4 heterocycles. The highest BCUT2D eigenvalue weighted by Crippen LogP contribution is 2.42. The molecule has 9 heteroatoms. The molecule has 3 N–H and O–H groups in total. The molecule has 3 aromatic heterocycles. The van der Waals surface area contributed by atoms with E-state index < -0.39 is 0 Å². The third-order valence-corrected chi connectivity index (χ3v) is 7.86. The average Bonchev–Trinajstić information content (AvgIpc) is 3.48. The van der Waals surface area contributed by atoms with Crippen molar-refractivity contribution in [2.75, 3.05) is 18.1 Å². The van der Waals surface area contributed by atoms with E-state index in [0.717, 1.165) is 37.2 Å². The van der Waals surface area contributed by atoms with Gasteiger partial charge in [0, 0.05) is 48.5 Å². The second-order valence-electron chi connectivity index (χ2n) is 10.2. The first-order chi connectivity index (χ1) is 17.9. The van der Waals surface area contributed by atoms with E-state index in [1.165, 1.54) is 0 Å². The number of hydrogen-bond acceptors (Lipinski definition) is 6. The van der Waals surface area contributed by atoms with E-state index in [1.54, 1.807) is 12.4 Å². The number of rotatable bonds is 4. The lowest BCUT2D eigenvalue weighted by Gasteiger charge is -2.27. The fourth-order valence-electron chi connectivity index (χ4n) is 5.82. The van der Waals surface area contributed by atoms with E-state index in [-0.39, 0.29) is 35.5 Å². The maximum absolute atomic E-state index is 15.8. The molecule has 3 aromatic rings. The molecule has 0 bridgehead atoms. The van der Waals surface area contributed by atoms with Crippen LogP contribution in [-0.4, -0.2) is 43.2 Å². The quantitative estimate of drug-likeness (QED) is 0.543. The zero-order valence-corrected chi connectivity index (χ0v) is 20.9. The number of nitrogens with one attached hydrogen (secondary N) is 1. The molecule has 1 fully saturated rings. The molecule has 0 radical (unpaired) electrons. The fraction of sp³-hybridized carbons (Fsp3) is 0.357. The summed E-state index contributed by atoms with van der Waals surface area (Å²) >= 11 is 0. The molecule has 1 aliphatic heterocycles. The molecule has 1 amide bonds. The summed E-state index contributed by atoms with van der Waals surface area (Å²) in [5.74, 6) is 1.05. The van der Waals surface area contributed by atoms with Crippen LogP contribution in [0.4, 0.5) is 15.9 Å². The summed E-state index contributed by atoms with van der Waals surface area (Å²) in [4.78, 5) is 28.3. The van der Waals surface area contributed by atoms with Gasteiger partial charge in [-0.05, 0) is 50.9 Å². The van der Waals surface area contributed by atoms with Gasteiger partial charge in [-0.1, -0.05) is 18.2 Å². The molecule has 0 spiro atoms. The highest BCUT2D eigenvalue weighted by atomic mass is 19.1. The fourth-order valence-corrected chi connectivity index (χ4v) is 5.82. The van der Waals surface area contributed by atoms with Crippen LogP contribution in [0.2, 0.25) is 0 Å². The SMILES string of the molecule is Cc1ccc(NC(=O)C2CCC(c3nc(C4=C(F)C5C(C=C4)C=CN5C)c4c(N)nccn34)CC2)cn1. The van der Waals surface area contributed by atoms with Crippen LogP contribution in [0.15, 0.2) is 61.0 Å². The zero-order chi connectivity index (χ0) is 25.7. The maximum Gasteiger partial charge on any atom is 0.227 e. The molecule has 2 aliphatic carbocycles. The second-order valence-corrected chi connectivity index (χ2v) is 10.2. The third kappa shape index (κ3) is 4.08. The number of nitrogens with two attached hydrogens (primary N) is 1. The van der Waals surface area contributed by atoms with Crippen LogP contribution in [0.5, 0.6) is 0 Å². The number of nitrogen functional groups attached to an aromatic ring is 1. The van der Waals surface area contributed by atoms with Crippen molar-refractivity contribution in [3.05, 3.63) is 78.2 Å². The minimum absolute atomic E-state index is 0.00897. The molecule has 0 aromatic carbocycles. The number of pyridine rings is 1. The van der Waals surface area contributed by atoms with Crippen molar-refractivity contribution in [2.45, 2.75) is 44.6 Å². The van der Waals surface area contributed by atoms with Crippen LogP contribution in [0.3, 0.4) is 0 Å². The Kier molecular flexibility index (Phi) is 5.78. The number of fused-ring (bicyclic) bond motifs is 2. The van der Waals surface area contributed by atoms with Crippen LogP contribution in [0, 0.1) is 18.8 Å². The number of imidazole rings is 1. The summed E-state index contributed by atoms with van der Waals surface area (Å²) in [6, 6.07) is 3.39. The van der Waals surface area contributed by atoms with E-state index in [9.17, 15) is 4.79 Å².